The zero-order valence-electron chi connectivity index (χ0n) is 13.4. The Hall–Kier alpha value is -1.10. The third-order valence-electron chi connectivity index (χ3n) is 5.05. The van der Waals surface area contributed by atoms with Crippen LogP contribution in [0.5, 0.6) is 0 Å². The largest absolute Gasteiger partial charge is 0.347 e. The van der Waals surface area contributed by atoms with E-state index in [-0.39, 0.29) is 24.4 Å². The highest BCUT2D eigenvalue weighted by molar-refractivity contribution is 5.85. The van der Waals surface area contributed by atoms with Crippen molar-refractivity contribution in [2.45, 2.75) is 64.5 Å². The van der Waals surface area contributed by atoms with Crippen molar-refractivity contribution < 1.29 is 9.59 Å². The van der Waals surface area contributed by atoms with E-state index in [1.54, 1.807) is 0 Å². The normalized spacial score (nSPS) is 26.9. The molecule has 0 radical (unpaired) electrons. The molecule has 2 amide bonds. The van der Waals surface area contributed by atoms with Gasteiger partial charge in [0.2, 0.25) is 11.8 Å². The predicted octanol–water partition coefficient (Wildman–Crippen LogP) is 1.28. The second kappa shape index (κ2) is 7.78. The number of hydrogen-bond donors (Lipinski definition) is 2. The van der Waals surface area contributed by atoms with Gasteiger partial charge >= 0.3 is 0 Å². The standard InChI is InChI=1S/C16H29N3O2/c1-12-13(2)19(10-9-17-12)16(21)11-18-15(20)8-7-14-5-3-4-6-14/h12-14,17H,3-11H2,1-2H3,(H,18,20). The van der Waals surface area contributed by atoms with Gasteiger partial charge in [0.25, 0.3) is 0 Å². The smallest absolute Gasteiger partial charge is 0.242 e. The van der Waals surface area contributed by atoms with Gasteiger partial charge in [-0.05, 0) is 26.2 Å². The van der Waals surface area contributed by atoms with Crippen LogP contribution in [-0.4, -0.2) is 48.4 Å². The van der Waals surface area contributed by atoms with Gasteiger partial charge in [0.15, 0.2) is 0 Å². The summed E-state index contributed by atoms with van der Waals surface area (Å²) < 4.78 is 0. The molecule has 2 atom stereocenters. The van der Waals surface area contributed by atoms with Crippen molar-refractivity contribution in [2.24, 2.45) is 5.92 Å². The highest BCUT2D eigenvalue weighted by atomic mass is 16.2. The van der Waals surface area contributed by atoms with Crippen molar-refractivity contribution in [3.63, 3.8) is 0 Å². The number of amides is 2. The first-order valence-corrected chi connectivity index (χ1v) is 8.37. The number of nitrogens with zero attached hydrogens (tertiary/aromatic N) is 1. The van der Waals surface area contributed by atoms with Crippen LogP contribution in [0.25, 0.3) is 0 Å². The average Bonchev–Trinajstić information content (AvgIpc) is 2.99. The SMILES string of the molecule is CC1NCCN(C(=O)CNC(=O)CCC2CCCC2)C1C. The van der Waals surface area contributed by atoms with Crippen LogP contribution in [0.1, 0.15) is 52.4 Å². The van der Waals surface area contributed by atoms with Gasteiger partial charge in [-0.1, -0.05) is 25.7 Å². The van der Waals surface area contributed by atoms with Crippen LogP contribution in [0.15, 0.2) is 0 Å². The van der Waals surface area contributed by atoms with Crippen molar-refractivity contribution in [1.29, 1.82) is 0 Å². The van der Waals surface area contributed by atoms with Gasteiger partial charge in [-0.3, -0.25) is 9.59 Å². The van der Waals surface area contributed by atoms with Crippen molar-refractivity contribution in [1.82, 2.24) is 15.5 Å². The highest BCUT2D eigenvalue weighted by Crippen LogP contribution is 2.28. The quantitative estimate of drug-likeness (QED) is 0.803. The molecule has 2 N–H and O–H groups in total. The first kappa shape index (κ1) is 16.3. The molecule has 21 heavy (non-hydrogen) atoms. The van der Waals surface area contributed by atoms with Gasteiger partial charge in [0.05, 0.1) is 6.54 Å². The van der Waals surface area contributed by atoms with Gasteiger partial charge in [-0.2, -0.15) is 0 Å². The molecule has 2 rings (SSSR count). The van der Waals surface area contributed by atoms with Gasteiger partial charge < -0.3 is 15.5 Å². The maximum absolute atomic E-state index is 12.2. The molecule has 5 heteroatoms. The van der Waals surface area contributed by atoms with Gasteiger partial charge in [0, 0.05) is 31.6 Å². The molecule has 2 aliphatic rings. The third-order valence-corrected chi connectivity index (χ3v) is 5.05. The number of carbonyl (C=O) groups excluding carboxylic acids is 2. The molecule has 0 aromatic carbocycles. The third kappa shape index (κ3) is 4.70. The lowest BCUT2D eigenvalue weighted by molar-refractivity contribution is -0.136. The van der Waals surface area contributed by atoms with E-state index in [9.17, 15) is 9.59 Å². The number of piperazine rings is 1. The number of nitrogens with one attached hydrogen (secondary N) is 2. The summed E-state index contributed by atoms with van der Waals surface area (Å²) in [4.78, 5) is 25.9. The van der Waals surface area contributed by atoms with Gasteiger partial charge in [-0.15, -0.1) is 0 Å². The molecule has 5 nitrogen and oxygen atoms in total. The molecule has 2 unspecified atom stereocenters. The van der Waals surface area contributed by atoms with E-state index >= 15 is 0 Å². The summed E-state index contributed by atoms with van der Waals surface area (Å²) in [5.41, 5.74) is 0. The first-order valence-electron chi connectivity index (χ1n) is 8.37. The van der Waals surface area contributed by atoms with Gasteiger partial charge in [-0.25, -0.2) is 0 Å². The Bertz CT molecular complexity index is 367. The maximum atomic E-state index is 12.2. The monoisotopic (exact) mass is 295 g/mol. The minimum atomic E-state index is 0.0195. The van der Waals surface area contributed by atoms with Crippen LogP contribution >= 0.6 is 0 Å². The van der Waals surface area contributed by atoms with E-state index in [2.05, 4.69) is 24.5 Å². The molecule has 120 valence electrons. The fraction of sp³-hybridized carbons (Fsp3) is 0.875. The second-order valence-corrected chi connectivity index (χ2v) is 6.54. The van der Waals surface area contributed by atoms with Crippen molar-refractivity contribution in [3.8, 4) is 0 Å². The molecule has 2 fully saturated rings. The first-order chi connectivity index (χ1) is 10.1. The number of carbonyl (C=O) groups is 2. The summed E-state index contributed by atoms with van der Waals surface area (Å²) in [7, 11) is 0. The summed E-state index contributed by atoms with van der Waals surface area (Å²) in [5.74, 6) is 0.775. The van der Waals surface area contributed by atoms with E-state index < -0.39 is 0 Å². The van der Waals surface area contributed by atoms with Crippen LogP contribution < -0.4 is 10.6 Å². The highest BCUT2D eigenvalue weighted by Gasteiger charge is 2.27. The Morgan fingerprint density at radius 3 is 2.67 bits per heavy atom. The van der Waals surface area contributed by atoms with Crippen molar-refractivity contribution >= 4 is 11.8 Å². The van der Waals surface area contributed by atoms with E-state index in [4.69, 9.17) is 0 Å². The van der Waals surface area contributed by atoms with Crippen LogP contribution in [0.3, 0.4) is 0 Å². The molecule has 1 saturated heterocycles. The Morgan fingerprint density at radius 1 is 1.24 bits per heavy atom. The molecule has 1 aliphatic heterocycles. The zero-order chi connectivity index (χ0) is 15.2. The Balaban J connectivity index is 1.66. The molecule has 1 aliphatic carbocycles. The van der Waals surface area contributed by atoms with E-state index in [1.807, 2.05) is 4.90 Å². The molecule has 0 aromatic heterocycles. The lowest BCUT2D eigenvalue weighted by atomic mass is 10.0. The molecule has 1 saturated carbocycles. The van der Waals surface area contributed by atoms with Crippen molar-refractivity contribution in [3.05, 3.63) is 0 Å². The lowest BCUT2D eigenvalue weighted by Crippen LogP contribution is -2.58. The maximum Gasteiger partial charge on any atom is 0.242 e. The lowest BCUT2D eigenvalue weighted by Gasteiger charge is -2.38. The average molecular weight is 295 g/mol. The number of hydrogen-bond acceptors (Lipinski definition) is 3. The van der Waals surface area contributed by atoms with Crippen LogP contribution in [0.4, 0.5) is 0 Å². The zero-order valence-corrected chi connectivity index (χ0v) is 13.4. The molecule has 1 heterocycles. The minimum Gasteiger partial charge on any atom is -0.347 e. The topological polar surface area (TPSA) is 61.4 Å². The van der Waals surface area contributed by atoms with E-state index in [0.717, 1.165) is 25.4 Å². The van der Waals surface area contributed by atoms with E-state index in [0.29, 0.717) is 12.5 Å². The summed E-state index contributed by atoms with van der Waals surface area (Å²) in [6.45, 7) is 5.83. The van der Waals surface area contributed by atoms with Crippen LogP contribution in [-0.2, 0) is 9.59 Å². The summed E-state index contributed by atoms with van der Waals surface area (Å²) in [5, 5.41) is 6.14. The molecular formula is C16H29N3O2. The molecular weight excluding hydrogens is 266 g/mol. The molecule has 0 aromatic rings. The number of rotatable bonds is 5. The Labute approximate surface area is 127 Å². The Morgan fingerprint density at radius 2 is 1.95 bits per heavy atom. The van der Waals surface area contributed by atoms with E-state index in [1.165, 1.54) is 25.7 Å². The van der Waals surface area contributed by atoms with Crippen LogP contribution in [0, 0.1) is 5.92 Å². The minimum absolute atomic E-state index is 0.0195. The summed E-state index contributed by atoms with van der Waals surface area (Å²) in [6.07, 6.45) is 6.69. The van der Waals surface area contributed by atoms with Crippen molar-refractivity contribution in [2.75, 3.05) is 19.6 Å². The molecule has 0 bridgehead atoms. The van der Waals surface area contributed by atoms with Gasteiger partial charge in [0.1, 0.15) is 0 Å². The second-order valence-electron chi connectivity index (χ2n) is 6.54. The van der Waals surface area contributed by atoms with Crippen LogP contribution in [0.2, 0.25) is 0 Å². The fourth-order valence-corrected chi connectivity index (χ4v) is 3.41. The fourth-order valence-electron chi connectivity index (χ4n) is 3.41. The Kier molecular flexibility index (Phi) is 6.03. The summed E-state index contributed by atoms with van der Waals surface area (Å²) >= 11 is 0. The predicted molar refractivity (Wildman–Crippen MR) is 82.8 cm³/mol. The summed E-state index contributed by atoms with van der Waals surface area (Å²) in [6, 6.07) is 0.488. The molecule has 0 spiro atoms.